The number of hydrogen-bond donors (Lipinski definition) is 1. The summed E-state index contributed by atoms with van der Waals surface area (Å²) in [5.41, 5.74) is -0.564. The summed E-state index contributed by atoms with van der Waals surface area (Å²) in [6.45, 7) is 13.8. The summed E-state index contributed by atoms with van der Waals surface area (Å²) in [6, 6.07) is 0.624. The highest BCUT2D eigenvalue weighted by Crippen LogP contribution is 2.23. The fraction of sp³-hybridized carbons (Fsp3) is 0.938. The van der Waals surface area contributed by atoms with E-state index in [4.69, 9.17) is 4.74 Å². The van der Waals surface area contributed by atoms with Crippen LogP contribution in [0.2, 0.25) is 0 Å². The average molecular weight is 284 g/mol. The number of likely N-dealkylation sites (N-methyl/N-ethyl adjacent to an activating group) is 1. The van der Waals surface area contributed by atoms with E-state index < -0.39 is 5.54 Å². The van der Waals surface area contributed by atoms with Gasteiger partial charge in [0.05, 0.1) is 6.61 Å². The highest BCUT2D eigenvalue weighted by Gasteiger charge is 2.35. The number of carbonyl (C=O) groups is 1. The van der Waals surface area contributed by atoms with Crippen LogP contribution in [-0.2, 0) is 9.53 Å². The molecule has 0 amide bonds. The van der Waals surface area contributed by atoms with Crippen molar-refractivity contribution in [2.75, 3.05) is 26.2 Å². The molecule has 0 aromatic rings. The number of nitrogens with zero attached hydrogens (tertiary/aromatic N) is 1. The number of esters is 1. The normalized spacial score (nSPS) is 27.1. The zero-order chi connectivity index (χ0) is 15.2. The molecule has 0 spiro atoms. The van der Waals surface area contributed by atoms with Gasteiger partial charge in [-0.15, -0.1) is 0 Å². The van der Waals surface area contributed by atoms with Gasteiger partial charge < -0.3 is 15.0 Å². The molecule has 3 atom stereocenters. The average Bonchev–Trinajstić information content (AvgIpc) is 2.40. The van der Waals surface area contributed by atoms with Crippen molar-refractivity contribution >= 4 is 5.97 Å². The van der Waals surface area contributed by atoms with Crippen LogP contribution in [0.3, 0.4) is 0 Å². The summed E-state index contributed by atoms with van der Waals surface area (Å²) in [5, 5.41) is 3.31. The minimum Gasteiger partial charge on any atom is -0.465 e. The maximum Gasteiger partial charge on any atom is 0.326 e. The van der Waals surface area contributed by atoms with Gasteiger partial charge in [0.1, 0.15) is 5.54 Å². The van der Waals surface area contributed by atoms with Crippen LogP contribution in [0.5, 0.6) is 0 Å². The van der Waals surface area contributed by atoms with Gasteiger partial charge in [0.2, 0.25) is 0 Å². The molecule has 0 aromatic carbocycles. The molecular weight excluding hydrogens is 252 g/mol. The van der Waals surface area contributed by atoms with E-state index >= 15 is 0 Å². The van der Waals surface area contributed by atoms with Crippen LogP contribution < -0.4 is 5.32 Å². The third-order valence-corrected chi connectivity index (χ3v) is 4.44. The quantitative estimate of drug-likeness (QED) is 0.729. The van der Waals surface area contributed by atoms with E-state index in [9.17, 15) is 4.79 Å². The fourth-order valence-corrected chi connectivity index (χ4v) is 3.00. The van der Waals surface area contributed by atoms with E-state index in [1.165, 1.54) is 12.8 Å². The Balaban J connectivity index is 2.59. The first-order valence-electron chi connectivity index (χ1n) is 8.09. The van der Waals surface area contributed by atoms with Gasteiger partial charge in [-0.25, -0.2) is 0 Å². The SMILES string of the molecule is CCNC(C)(CCN1CC(C)CCC1C)C(=O)OCC. The zero-order valence-corrected chi connectivity index (χ0v) is 13.9. The molecule has 20 heavy (non-hydrogen) atoms. The van der Waals surface area contributed by atoms with Crippen LogP contribution in [-0.4, -0.2) is 48.7 Å². The van der Waals surface area contributed by atoms with Crippen molar-refractivity contribution in [3.05, 3.63) is 0 Å². The molecule has 1 N–H and O–H groups in total. The molecule has 0 bridgehead atoms. The smallest absolute Gasteiger partial charge is 0.326 e. The number of nitrogens with one attached hydrogen (secondary N) is 1. The van der Waals surface area contributed by atoms with Crippen molar-refractivity contribution in [3.8, 4) is 0 Å². The molecule has 0 saturated carbocycles. The molecule has 0 radical (unpaired) electrons. The number of piperidine rings is 1. The lowest BCUT2D eigenvalue weighted by molar-refractivity contribution is -0.151. The summed E-state index contributed by atoms with van der Waals surface area (Å²) >= 11 is 0. The molecule has 4 heteroatoms. The Morgan fingerprint density at radius 3 is 2.65 bits per heavy atom. The molecule has 118 valence electrons. The molecule has 0 aliphatic carbocycles. The minimum atomic E-state index is -0.564. The molecule has 0 aromatic heterocycles. The number of carbonyl (C=O) groups excluding carboxylic acids is 1. The largest absolute Gasteiger partial charge is 0.465 e. The highest BCUT2D eigenvalue weighted by molar-refractivity contribution is 5.80. The van der Waals surface area contributed by atoms with Crippen molar-refractivity contribution in [1.29, 1.82) is 0 Å². The van der Waals surface area contributed by atoms with Gasteiger partial charge >= 0.3 is 5.97 Å². The van der Waals surface area contributed by atoms with E-state index in [1.54, 1.807) is 0 Å². The molecule has 4 nitrogen and oxygen atoms in total. The van der Waals surface area contributed by atoms with Gasteiger partial charge in [0, 0.05) is 19.1 Å². The topological polar surface area (TPSA) is 41.6 Å². The Bertz CT molecular complexity index is 309. The summed E-state index contributed by atoms with van der Waals surface area (Å²) in [6.07, 6.45) is 3.38. The van der Waals surface area contributed by atoms with Gasteiger partial charge in [0.25, 0.3) is 0 Å². The Hall–Kier alpha value is -0.610. The van der Waals surface area contributed by atoms with Crippen LogP contribution in [0.1, 0.15) is 53.9 Å². The Kier molecular flexibility index (Phi) is 6.96. The van der Waals surface area contributed by atoms with Gasteiger partial charge in [-0.3, -0.25) is 4.79 Å². The van der Waals surface area contributed by atoms with E-state index in [0.717, 1.165) is 32.0 Å². The first-order chi connectivity index (χ1) is 9.42. The summed E-state index contributed by atoms with van der Waals surface area (Å²) in [5.74, 6) is 0.638. The molecule has 1 heterocycles. The van der Waals surface area contributed by atoms with E-state index in [2.05, 4.69) is 24.1 Å². The highest BCUT2D eigenvalue weighted by atomic mass is 16.5. The predicted octanol–water partition coefficient (Wildman–Crippen LogP) is 2.43. The maximum atomic E-state index is 12.2. The second kappa shape index (κ2) is 7.99. The van der Waals surface area contributed by atoms with Gasteiger partial charge in [-0.05, 0) is 52.5 Å². The summed E-state index contributed by atoms with van der Waals surface area (Å²) in [4.78, 5) is 14.7. The molecule has 1 aliphatic rings. The number of likely N-dealkylation sites (tertiary alicyclic amines) is 1. The van der Waals surface area contributed by atoms with Crippen LogP contribution >= 0.6 is 0 Å². The van der Waals surface area contributed by atoms with Crippen molar-refractivity contribution in [2.45, 2.75) is 65.5 Å². The van der Waals surface area contributed by atoms with Gasteiger partial charge in [-0.2, -0.15) is 0 Å². The van der Waals surface area contributed by atoms with E-state index in [0.29, 0.717) is 12.6 Å². The maximum absolute atomic E-state index is 12.2. The number of ether oxygens (including phenoxy) is 1. The van der Waals surface area contributed by atoms with Crippen LogP contribution in [0.4, 0.5) is 0 Å². The lowest BCUT2D eigenvalue weighted by Crippen LogP contribution is -2.53. The molecular formula is C16H32N2O2. The fourth-order valence-electron chi connectivity index (χ4n) is 3.00. The first kappa shape index (κ1) is 17.4. The number of rotatable bonds is 7. The van der Waals surface area contributed by atoms with Crippen LogP contribution in [0, 0.1) is 5.92 Å². The monoisotopic (exact) mass is 284 g/mol. The Morgan fingerprint density at radius 1 is 1.35 bits per heavy atom. The van der Waals surface area contributed by atoms with Crippen molar-refractivity contribution in [2.24, 2.45) is 5.92 Å². The van der Waals surface area contributed by atoms with Crippen molar-refractivity contribution < 1.29 is 9.53 Å². The first-order valence-corrected chi connectivity index (χ1v) is 8.09. The van der Waals surface area contributed by atoms with Crippen molar-refractivity contribution in [1.82, 2.24) is 10.2 Å². The second-order valence-corrected chi connectivity index (χ2v) is 6.36. The molecule has 1 saturated heterocycles. The van der Waals surface area contributed by atoms with Gasteiger partial charge in [0.15, 0.2) is 0 Å². The third kappa shape index (κ3) is 4.74. The summed E-state index contributed by atoms with van der Waals surface area (Å²) in [7, 11) is 0. The zero-order valence-electron chi connectivity index (χ0n) is 13.9. The Morgan fingerprint density at radius 2 is 2.05 bits per heavy atom. The second-order valence-electron chi connectivity index (χ2n) is 6.36. The van der Waals surface area contributed by atoms with E-state index in [-0.39, 0.29) is 5.97 Å². The predicted molar refractivity (Wildman–Crippen MR) is 82.8 cm³/mol. The Labute approximate surface area is 124 Å². The van der Waals surface area contributed by atoms with Crippen molar-refractivity contribution in [3.63, 3.8) is 0 Å². The molecule has 1 aliphatic heterocycles. The number of hydrogen-bond acceptors (Lipinski definition) is 4. The third-order valence-electron chi connectivity index (χ3n) is 4.44. The lowest BCUT2D eigenvalue weighted by atomic mass is 9.92. The van der Waals surface area contributed by atoms with Crippen LogP contribution in [0.15, 0.2) is 0 Å². The molecule has 1 rings (SSSR count). The lowest BCUT2D eigenvalue weighted by Gasteiger charge is -2.39. The standard InChI is InChI=1S/C16H32N2O2/c1-6-17-16(5,15(19)20-7-2)10-11-18-12-13(3)8-9-14(18)4/h13-14,17H,6-12H2,1-5H3. The van der Waals surface area contributed by atoms with E-state index in [1.807, 2.05) is 20.8 Å². The molecule has 3 unspecified atom stereocenters. The summed E-state index contributed by atoms with van der Waals surface area (Å²) < 4.78 is 5.23. The van der Waals surface area contributed by atoms with Crippen LogP contribution in [0.25, 0.3) is 0 Å². The minimum absolute atomic E-state index is 0.125. The molecule has 1 fully saturated rings. The van der Waals surface area contributed by atoms with Gasteiger partial charge in [-0.1, -0.05) is 13.8 Å².